The highest BCUT2D eigenvalue weighted by Crippen LogP contribution is 2.44. The van der Waals surface area contributed by atoms with E-state index in [9.17, 15) is 4.79 Å². The molecule has 3 aliphatic rings. The molecule has 1 aromatic carbocycles. The third-order valence-electron chi connectivity index (χ3n) is 6.43. The molecule has 2 heterocycles. The van der Waals surface area contributed by atoms with Gasteiger partial charge in [-0.05, 0) is 68.3 Å². The first-order chi connectivity index (χ1) is 12.8. The van der Waals surface area contributed by atoms with Crippen LogP contribution in [-0.2, 0) is 9.53 Å². The standard InChI is InChI=1S/C21H30N2O3.ClH/c24-20(21-10-2-1-3-17(21)13-22-15-21)23-18-4-6-19(7-5-18)26-14-16-8-11-25-12-9-16;/h4-7,16-17,22H,1-3,8-15H2,(H,23,24);1H/t17-,21+;/m0./s1. The van der Waals surface area contributed by atoms with Crippen LogP contribution in [0.1, 0.15) is 38.5 Å². The Hall–Kier alpha value is -1.30. The number of fused-ring (bicyclic) bond motifs is 1. The Morgan fingerprint density at radius 2 is 1.96 bits per heavy atom. The monoisotopic (exact) mass is 394 g/mol. The van der Waals surface area contributed by atoms with Gasteiger partial charge in [-0.15, -0.1) is 12.4 Å². The number of nitrogens with one attached hydrogen (secondary N) is 2. The minimum absolute atomic E-state index is 0. The molecule has 0 unspecified atom stereocenters. The molecule has 0 aromatic heterocycles. The largest absolute Gasteiger partial charge is 0.493 e. The van der Waals surface area contributed by atoms with Crippen molar-refractivity contribution in [1.82, 2.24) is 5.32 Å². The summed E-state index contributed by atoms with van der Waals surface area (Å²) < 4.78 is 11.3. The molecule has 0 bridgehead atoms. The molecule has 0 spiro atoms. The smallest absolute Gasteiger partial charge is 0.232 e. The lowest BCUT2D eigenvalue weighted by Gasteiger charge is -2.37. The summed E-state index contributed by atoms with van der Waals surface area (Å²) in [6.07, 6.45) is 6.73. The first-order valence-corrected chi connectivity index (χ1v) is 10.1. The maximum absolute atomic E-state index is 13.0. The SMILES string of the molecule is Cl.O=C(Nc1ccc(OCC2CCOCC2)cc1)[C@@]12CCCC[C@H]1CNC2. The third-order valence-corrected chi connectivity index (χ3v) is 6.43. The van der Waals surface area contributed by atoms with Crippen molar-refractivity contribution in [3.05, 3.63) is 24.3 Å². The summed E-state index contributed by atoms with van der Waals surface area (Å²) >= 11 is 0. The van der Waals surface area contributed by atoms with Gasteiger partial charge in [0.05, 0.1) is 12.0 Å². The van der Waals surface area contributed by atoms with Crippen LogP contribution in [0.5, 0.6) is 5.75 Å². The lowest BCUT2D eigenvalue weighted by Crippen LogP contribution is -2.44. The number of benzene rings is 1. The van der Waals surface area contributed by atoms with E-state index in [0.717, 1.165) is 70.0 Å². The molecule has 5 nitrogen and oxygen atoms in total. The zero-order chi connectivity index (χ0) is 17.8. The van der Waals surface area contributed by atoms with Gasteiger partial charge in [0.15, 0.2) is 0 Å². The molecule has 1 aromatic rings. The predicted molar refractivity (Wildman–Crippen MR) is 109 cm³/mol. The van der Waals surface area contributed by atoms with Gasteiger partial charge < -0.3 is 20.1 Å². The van der Waals surface area contributed by atoms with Crippen molar-refractivity contribution in [2.45, 2.75) is 38.5 Å². The van der Waals surface area contributed by atoms with Crippen LogP contribution in [0.15, 0.2) is 24.3 Å². The van der Waals surface area contributed by atoms with E-state index in [4.69, 9.17) is 9.47 Å². The fourth-order valence-corrected chi connectivity index (χ4v) is 4.71. The minimum Gasteiger partial charge on any atom is -0.493 e. The number of carbonyl (C=O) groups excluding carboxylic acids is 1. The number of hydrogen-bond donors (Lipinski definition) is 2. The molecular weight excluding hydrogens is 364 g/mol. The molecule has 2 saturated heterocycles. The van der Waals surface area contributed by atoms with Crippen LogP contribution in [0.3, 0.4) is 0 Å². The molecule has 3 fully saturated rings. The number of anilines is 1. The van der Waals surface area contributed by atoms with Crippen LogP contribution in [0.25, 0.3) is 0 Å². The molecule has 1 aliphatic carbocycles. The fraction of sp³-hybridized carbons (Fsp3) is 0.667. The number of rotatable bonds is 5. The average Bonchev–Trinajstić information content (AvgIpc) is 3.14. The fourth-order valence-electron chi connectivity index (χ4n) is 4.71. The Bertz CT molecular complexity index is 618. The van der Waals surface area contributed by atoms with Crippen molar-refractivity contribution < 1.29 is 14.3 Å². The number of amides is 1. The molecule has 4 rings (SSSR count). The number of hydrogen-bond acceptors (Lipinski definition) is 4. The van der Waals surface area contributed by atoms with Gasteiger partial charge in [-0.1, -0.05) is 12.8 Å². The second kappa shape index (κ2) is 9.26. The molecule has 27 heavy (non-hydrogen) atoms. The van der Waals surface area contributed by atoms with Gasteiger partial charge in [0.2, 0.25) is 5.91 Å². The summed E-state index contributed by atoms with van der Waals surface area (Å²) in [6, 6.07) is 7.82. The topological polar surface area (TPSA) is 59.6 Å². The highest BCUT2D eigenvalue weighted by atomic mass is 35.5. The van der Waals surface area contributed by atoms with Gasteiger partial charge >= 0.3 is 0 Å². The summed E-state index contributed by atoms with van der Waals surface area (Å²) in [5, 5.41) is 6.59. The van der Waals surface area contributed by atoms with Crippen molar-refractivity contribution in [3.63, 3.8) is 0 Å². The zero-order valence-electron chi connectivity index (χ0n) is 15.9. The molecule has 1 amide bonds. The van der Waals surface area contributed by atoms with Crippen LogP contribution in [0, 0.1) is 17.3 Å². The summed E-state index contributed by atoms with van der Waals surface area (Å²) in [5.74, 6) is 2.12. The van der Waals surface area contributed by atoms with Crippen LogP contribution >= 0.6 is 12.4 Å². The molecule has 150 valence electrons. The van der Waals surface area contributed by atoms with Crippen LogP contribution in [0.2, 0.25) is 0 Å². The van der Waals surface area contributed by atoms with Gasteiger partial charge in [-0.2, -0.15) is 0 Å². The summed E-state index contributed by atoms with van der Waals surface area (Å²) in [6.45, 7) is 4.22. The van der Waals surface area contributed by atoms with E-state index >= 15 is 0 Å². The molecule has 1 saturated carbocycles. The number of carbonyl (C=O) groups is 1. The van der Waals surface area contributed by atoms with E-state index < -0.39 is 0 Å². The van der Waals surface area contributed by atoms with Gasteiger partial charge in [0, 0.05) is 25.4 Å². The molecule has 2 atom stereocenters. The van der Waals surface area contributed by atoms with Gasteiger partial charge in [-0.25, -0.2) is 0 Å². The molecule has 0 radical (unpaired) electrons. The highest BCUT2D eigenvalue weighted by molar-refractivity contribution is 5.96. The Labute approximate surface area is 168 Å². The van der Waals surface area contributed by atoms with Crippen LogP contribution < -0.4 is 15.4 Å². The summed E-state index contributed by atoms with van der Waals surface area (Å²) in [7, 11) is 0. The number of halogens is 1. The Balaban J connectivity index is 0.00000210. The third kappa shape index (κ3) is 4.58. The molecular formula is C21H31ClN2O3. The maximum atomic E-state index is 13.0. The first kappa shape index (κ1) is 20.4. The van der Waals surface area contributed by atoms with E-state index in [1.165, 1.54) is 12.8 Å². The average molecular weight is 395 g/mol. The van der Waals surface area contributed by atoms with Gasteiger partial charge in [-0.3, -0.25) is 4.79 Å². The second-order valence-electron chi connectivity index (χ2n) is 8.07. The lowest BCUT2D eigenvalue weighted by molar-refractivity contribution is -0.128. The molecule has 6 heteroatoms. The molecule has 2 aliphatic heterocycles. The number of ether oxygens (including phenoxy) is 2. The van der Waals surface area contributed by atoms with E-state index in [1.54, 1.807) is 0 Å². The first-order valence-electron chi connectivity index (χ1n) is 10.1. The Morgan fingerprint density at radius 3 is 2.74 bits per heavy atom. The highest BCUT2D eigenvalue weighted by Gasteiger charge is 2.49. The van der Waals surface area contributed by atoms with E-state index in [1.807, 2.05) is 24.3 Å². The summed E-state index contributed by atoms with van der Waals surface area (Å²) in [5.41, 5.74) is 0.648. The molecule has 2 N–H and O–H groups in total. The minimum atomic E-state index is -0.212. The quantitative estimate of drug-likeness (QED) is 0.800. The van der Waals surface area contributed by atoms with E-state index in [2.05, 4.69) is 10.6 Å². The Kier molecular flexibility index (Phi) is 7.01. The van der Waals surface area contributed by atoms with Crippen molar-refractivity contribution in [2.75, 3.05) is 38.2 Å². The lowest BCUT2D eigenvalue weighted by atomic mass is 9.67. The van der Waals surface area contributed by atoms with Crippen LogP contribution in [-0.4, -0.2) is 38.8 Å². The zero-order valence-corrected chi connectivity index (χ0v) is 16.7. The van der Waals surface area contributed by atoms with Crippen molar-refractivity contribution in [2.24, 2.45) is 17.3 Å². The second-order valence-corrected chi connectivity index (χ2v) is 8.07. The maximum Gasteiger partial charge on any atom is 0.232 e. The van der Waals surface area contributed by atoms with Crippen molar-refractivity contribution in [1.29, 1.82) is 0 Å². The van der Waals surface area contributed by atoms with Gasteiger partial charge in [0.1, 0.15) is 5.75 Å². The predicted octanol–water partition coefficient (Wildman–Crippen LogP) is 3.63. The van der Waals surface area contributed by atoms with E-state index in [-0.39, 0.29) is 23.7 Å². The van der Waals surface area contributed by atoms with Gasteiger partial charge in [0.25, 0.3) is 0 Å². The van der Waals surface area contributed by atoms with Crippen LogP contribution in [0.4, 0.5) is 5.69 Å². The van der Waals surface area contributed by atoms with E-state index in [0.29, 0.717) is 11.8 Å². The van der Waals surface area contributed by atoms with Crippen molar-refractivity contribution in [3.8, 4) is 5.75 Å². The Morgan fingerprint density at radius 1 is 1.19 bits per heavy atom. The van der Waals surface area contributed by atoms with Crippen molar-refractivity contribution >= 4 is 24.0 Å². The summed E-state index contributed by atoms with van der Waals surface area (Å²) in [4.78, 5) is 13.0. The normalized spacial score (nSPS) is 28.1.